The molecule has 168 valence electrons. The van der Waals surface area contributed by atoms with Crippen LogP contribution in [0, 0.1) is 0 Å². The van der Waals surface area contributed by atoms with Crippen LogP contribution in [0.15, 0.2) is 18.2 Å². The fraction of sp³-hybridized carbons (Fsp3) is 0.571. The van der Waals surface area contributed by atoms with Crippen LogP contribution in [0.3, 0.4) is 0 Å². The molecular formula is C21H29BrN6O3. The molecule has 2 aromatic rings. The van der Waals surface area contributed by atoms with Gasteiger partial charge in [0.2, 0.25) is 5.91 Å². The van der Waals surface area contributed by atoms with E-state index in [0.29, 0.717) is 38.3 Å². The highest BCUT2D eigenvalue weighted by atomic mass is 79.9. The molecular weight excluding hydrogens is 464 g/mol. The van der Waals surface area contributed by atoms with Gasteiger partial charge in [-0.25, -0.2) is 9.97 Å². The van der Waals surface area contributed by atoms with Gasteiger partial charge in [0.25, 0.3) is 0 Å². The number of halogens is 1. The van der Waals surface area contributed by atoms with Crippen LogP contribution >= 0.6 is 15.9 Å². The number of alkyl halides is 1. The summed E-state index contributed by atoms with van der Waals surface area (Å²) in [6, 6.07) is 6.04. The van der Waals surface area contributed by atoms with E-state index in [1.165, 1.54) is 0 Å². The molecule has 1 aromatic carbocycles. The van der Waals surface area contributed by atoms with Crippen molar-refractivity contribution in [3.05, 3.63) is 18.2 Å². The summed E-state index contributed by atoms with van der Waals surface area (Å²) in [5, 5.41) is 6.61. The monoisotopic (exact) mass is 492 g/mol. The minimum atomic E-state index is -0.0236. The average molecular weight is 493 g/mol. The van der Waals surface area contributed by atoms with Crippen LogP contribution in [0.4, 0.5) is 17.3 Å². The normalized spacial score (nSPS) is 18.1. The van der Waals surface area contributed by atoms with E-state index in [4.69, 9.17) is 19.4 Å². The maximum Gasteiger partial charge on any atom is 0.230 e. The Morgan fingerprint density at radius 2 is 1.61 bits per heavy atom. The molecule has 0 bridgehead atoms. The zero-order chi connectivity index (χ0) is 21.6. The van der Waals surface area contributed by atoms with Crippen molar-refractivity contribution in [3.8, 4) is 0 Å². The fourth-order valence-corrected chi connectivity index (χ4v) is 3.92. The van der Waals surface area contributed by atoms with Gasteiger partial charge in [-0.2, -0.15) is 0 Å². The summed E-state index contributed by atoms with van der Waals surface area (Å²) < 4.78 is 11.1. The Morgan fingerprint density at radius 3 is 2.19 bits per heavy atom. The van der Waals surface area contributed by atoms with Gasteiger partial charge in [0, 0.05) is 44.5 Å². The van der Waals surface area contributed by atoms with Crippen molar-refractivity contribution in [2.24, 2.45) is 0 Å². The van der Waals surface area contributed by atoms with E-state index in [-0.39, 0.29) is 11.9 Å². The number of carbonyl (C=O) groups excluding carboxylic acids is 1. The second-order valence-electron chi connectivity index (χ2n) is 7.76. The van der Waals surface area contributed by atoms with Crippen LogP contribution in [0.2, 0.25) is 0 Å². The molecule has 0 unspecified atom stereocenters. The Kier molecular flexibility index (Phi) is 7.41. The van der Waals surface area contributed by atoms with Crippen LogP contribution in [0.1, 0.15) is 6.92 Å². The standard InChI is InChI=1S/C21H29BrN6O3/c1-15(24-19(29)13-22)14-23-16-2-3-17-18(12-16)26-21(28-6-10-31-11-7-28)20(25-17)27-4-8-30-9-5-27/h2-3,12,15,23H,4-11,13-14H2,1H3,(H,24,29)/t15-/m0/s1. The number of carbonyl (C=O) groups is 1. The van der Waals surface area contributed by atoms with E-state index in [1.807, 2.05) is 25.1 Å². The van der Waals surface area contributed by atoms with Gasteiger partial charge >= 0.3 is 0 Å². The van der Waals surface area contributed by atoms with Crippen molar-refractivity contribution in [1.29, 1.82) is 0 Å². The second kappa shape index (κ2) is 10.4. The Bertz CT molecular complexity index is 902. The van der Waals surface area contributed by atoms with Gasteiger partial charge < -0.3 is 29.9 Å². The molecule has 9 nitrogen and oxygen atoms in total. The number of rotatable bonds is 7. The Labute approximate surface area is 190 Å². The number of aromatic nitrogens is 2. The predicted octanol–water partition coefficient (Wildman–Crippen LogP) is 1.61. The van der Waals surface area contributed by atoms with E-state index in [0.717, 1.165) is 54.5 Å². The number of nitrogens with one attached hydrogen (secondary N) is 2. The molecule has 2 saturated heterocycles. The van der Waals surface area contributed by atoms with Gasteiger partial charge in [0.15, 0.2) is 11.6 Å². The number of ether oxygens (including phenoxy) is 2. The van der Waals surface area contributed by atoms with E-state index in [9.17, 15) is 4.79 Å². The Hall–Kier alpha value is -2.17. The number of morpholine rings is 2. The van der Waals surface area contributed by atoms with E-state index in [2.05, 4.69) is 36.4 Å². The molecule has 0 radical (unpaired) electrons. The third-order valence-electron chi connectivity index (χ3n) is 5.39. The third-order valence-corrected chi connectivity index (χ3v) is 5.90. The van der Waals surface area contributed by atoms with Crippen molar-refractivity contribution >= 4 is 50.2 Å². The SMILES string of the molecule is C[C@@H](CNc1ccc2nc(N3CCOCC3)c(N3CCOCC3)nc2c1)NC(=O)CBr. The van der Waals surface area contributed by atoms with Crippen LogP contribution < -0.4 is 20.4 Å². The first-order valence-electron chi connectivity index (χ1n) is 10.7. The average Bonchev–Trinajstić information content (AvgIpc) is 2.82. The van der Waals surface area contributed by atoms with E-state index < -0.39 is 0 Å². The second-order valence-corrected chi connectivity index (χ2v) is 8.32. The molecule has 2 N–H and O–H groups in total. The number of anilines is 3. The largest absolute Gasteiger partial charge is 0.383 e. The summed E-state index contributed by atoms with van der Waals surface area (Å²) in [6.45, 7) is 8.64. The predicted molar refractivity (Wildman–Crippen MR) is 125 cm³/mol. The lowest BCUT2D eigenvalue weighted by molar-refractivity contribution is -0.118. The highest BCUT2D eigenvalue weighted by Crippen LogP contribution is 2.30. The highest BCUT2D eigenvalue weighted by molar-refractivity contribution is 9.09. The zero-order valence-corrected chi connectivity index (χ0v) is 19.4. The van der Waals surface area contributed by atoms with Gasteiger partial charge in [0.05, 0.1) is 42.8 Å². The number of benzene rings is 1. The number of hydrogen-bond donors (Lipinski definition) is 2. The Balaban J connectivity index is 1.58. The third kappa shape index (κ3) is 5.55. The van der Waals surface area contributed by atoms with Crippen LogP contribution in [-0.4, -0.2) is 86.4 Å². The molecule has 1 amide bonds. The van der Waals surface area contributed by atoms with Crippen molar-refractivity contribution in [1.82, 2.24) is 15.3 Å². The number of hydrogen-bond acceptors (Lipinski definition) is 8. The summed E-state index contributed by atoms with van der Waals surface area (Å²) in [7, 11) is 0. The maximum absolute atomic E-state index is 11.5. The number of fused-ring (bicyclic) bond motifs is 1. The van der Waals surface area contributed by atoms with Crippen LogP contribution in [-0.2, 0) is 14.3 Å². The molecule has 2 aliphatic rings. The van der Waals surface area contributed by atoms with Crippen molar-refractivity contribution in [2.45, 2.75) is 13.0 Å². The molecule has 10 heteroatoms. The van der Waals surface area contributed by atoms with Crippen molar-refractivity contribution in [2.75, 3.05) is 79.6 Å². The van der Waals surface area contributed by atoms with Crippen LogP contribution in [0.5, 0.6) is 0 Å². The van der Waals surface area contributed by atoms with E-state index in [1.54, 1.807) is 0 Å². The quantitative estimate of drug-likeness (QED) is 0.563. The van der Waals surface area contributed by atoms with Crippen molar-refractivity contribution < 1.29 is 14.3 Å². The summed E-state index contributed by atoms with van der Waals surface area (Å²) in [5.74, 6) is 1.81. The number of amides is 1. The molecule has 31 heavy (non-hydrogen) atoms. The molecule has 0 aliphatic carbocycles. The zero-order valence-electron chi connectivity index (χ0n) is 17.8. The highest BCUT2D eigenvalue weighted by Gasteiger charge is 2.24. The summed E-state index contributed by atoms with van der Waals surface area (Å²) in [6.07, 6.45) is 0. The molecule has 3 heterocycles. The van der Waals surface area contributed by atoms with Gasteiger partial charge in [-0.15, -0.1) is 0 Å². The fourth-order valence-electron chi connectivity index (χ4n) is 3.76. The van der Waals surface area contributed by atoms with Gasteiger partial charge in [0.1, 0.15) is 0 Å². The van der Waals surface area contributed by atoms with Crippen LogP contribution in [0.25, 0.3) is 11.0 Å². The molecule has 2 fully saturated rings. The minimum Gasteiger partial charge on any atom is -0.383 e. The first kappa shape index (κ1) is 22.0. The first-order valence-corrected chi connectivity index (χ1v) is 11.8. The lowest BCUT2D eigenvalue weighted by atomic mass is 10.2. The van der Waals surface area contributed by atoms with Crippen molar-refractivity contribution in [3.63, 3.8) is 0 Å². The lowest BCUT2D eigenvalue weighted by Crippen LogP contribution is -2.41. The van der Waals surface area contributed by atoms with Gasteiger partial charge in [-0.3, -0.25) is 4.79 Å². The maximum atomic E-state index is 11.5. The Morgan fingerprint density at radius 1 is 1.03 bits per heavy atom. The molecule has 4 rings (SSSR count). The molecule has 1 aromatic heterocycles. The molecule has 1 atom stereocenters. The van der Waals surface area contributed by atoms with E-state index >= 15 is 0 Å². The minimum absolute atomic E-state index is 0.0134. The molecule has 0 saturated carbocycles. The molecule has 0 spiro atoms. The smallest absolute Gasteiger partial charge is 0.230 e. The summed E-state index contributed by atoms with van der Waals surface area (Å²) in [4.78, 5) is 26.1. The first-order chi connectivity index (χ1) is 15.1. The summed E-state index contributed by atoms with van der Waals surface area (Å²) in [5.41, 5.74) is 2.67. The number of nitrogens with zero attached hydrogens (tertiary/aromatic N) is 4. The molecule has 2 aliphatic heterocycles. The topological polar surface area (TPSA) is 91.8 Å². The lowest BCUT2D eigenvalue weighted by Gasteiger charge is -2.34. The summed E-state index contributed by atoms with van der Waals surface area (Å²) >= 11 is 3.17. The van der Waals surface area contributed by atoms with Gasteiger partial charge in [-0.1, -0.05) is 15.9 Å². The van der Waals surface area contributed by atoms with Gasteiger partial charge in [-0.05, 0) is 25.1 Å².